The Kier molecular flexibility index (Phi) is 3.47. The first-order chi connectivity index (χ1) is 9.31. The third-order valence-electron chi connectivity index (χ3n) is 3.80. The summed E-state index contributed by atoms with van der Waals surface area (Å²) in [7, 11) is 0. The highest BCUT2D eigenvalue weighted by Crippen LogP contribution is 2.27. The number of nitrogen functional groups attached to an aromatic ring is 1. The van der Waals surface area contributed by atoms with Crippen LogP contribution in [-0.4, -0.2) is 23.0 Å². The van der Waals surface area contributed by atoms with Crippen LogP contribution in [0, 0.1) is 0 Å². The van der Waals surface area contributed by atoms with Gasteiger partial charge in [-0.15, -0.1) is 0 Å². The molecule has 1 aliphatic heterocycles. The molecule has 98 valence electrons. The largest absolute Gasteiger partial charge is 0.384 e. The minimum absolute atomic E-state index is 0.590. The summed E-state index contributed by atoms with van der Waals surface area (Å²) in [4.78, 5) is 6.64. The fourth-order valence-electron chi connectivity index (χ4n) is 2.76. The Morgan fingerprint density at radius 1 is 1.16 bits per heavy atom. The molecule has 1 fully saturated rings. The molecule has 2 heterocycles. The van der Waals surface area contributed by atoms with Crippen molar-refractivity contribution in [1.82, 2.24) is 9.88 Å². The van der Waals surface area contributed by atoms with E-state index < -0.39 is 0 Å². The lowest BCUT2D eigenvalue weighted by Gasteiger charge is -2.16. The maximum atomic E-state index is 5.61. The highest BCUT2D eigenvalue weighted by molar-refractivity contribution is 5.29. The van der Waals surface area contributed by atoms with Crippen LogP contribution in [0.3, 0.4) is 0 Å². The molecular weight excluding hydrogens is 234 g/mol. The molecule has 0 spiro atoms. The van der Waals surface area contributed by atoms with E-state index in [1.54, 1.807) is 0 Å². The van der Waals surface area contributed by atoms with Gasteiger partial charge >= 0.3 is 0 Å². The predicted octanol–water partition coefficient (Wildman–Crippen LogP) is 2.65. The Bertz CT molecular complexity index is 521. The van der Waals surface area contributed by atoms with Crippen molar-refractivity contribution in [3.63, 3.8) is 0 Å². The molecule has 0 radical (unpaired) electrons. The molecule has 2 aromatic rings. The summed E-state index contributed by atoms with van der Waals surface area (Å²) in [6.45, 7) is 3.26. The Balaban J connectivity index is 1.62. The quantitative estimate of drug-likeness (QED) is 0.914. The van der Waals surface area contributed by atoms with Crippen LogP contribution in [0.1, 0.15) is 23.5 Å². The lowest BCUT2D eigenvalue weighted by atomic mass is 9.99. The Morgan fingerprint density at radius 3 is 2.74 bits per heavy atom. The lowest BCUT2D eigenvalue weighted by Crippen LogP contribution is -2.19. The zero-order valence-electron chi connectivity index (χ0n) is 11.0. The molecule has 3 heteroatoms. The monoisotopic (exact) mass is 253 g/mol. The standard InChI is InChI=1S/C16H19N3/c17-16-7-6-13(10-18-16)11-19-9-8-15(12-19)14-4-2-1-3-5-14/h1-7,10,15H,8-9,11-12H2,(H2,17,18). The summed E-state index contributed by atoms with van der Waals surface area (Å²) < 4.78 is 0. The van der Waals surface area contributed by atoms with Crippen LogP contribution in [-0.2, 0) is 6.54 Å². The molecule has 19 heavy (non-hydrogen) atoms. The second-order valence-corrected chi connectivity index (χ2v) is 5.22. The number of hydrogen-bond donors (Lipinski definition) is 1. The maximum absolute atomic E-state index is 5.61. The molecule has 0 aliphatic carbocycles. The van der Waals surface area contributed by atoms with Crippen molar-refractivity contribution in [3.05, 3.63) is 59.8 Å². The van der Waals surface area contributed by atoms with Gasteiger partial charge in [-0.2, -0.15) is 0 Å². The third kappa shape index (κ3) is 2.93. The molecule has 0 saturated carbocycles. The zero-order chi connectivity index (χ0) is 13.1. The van der Waals surface area contributed by atoms with E-state index in [4.69, 9.17) is 5.73 Å². The molecule has 2 N–H and O–H groups in total. The first kappa shape index (κ1) is 12.2. The highest BCUT2D eigenvalue weighted by Gasteiger charge is 2.23. The second-order valence-electron chi connectivity index (χ2n) is 5.22. The van der Waals surface area contributed by atoms with Crippen molar-refractivity contribution >= 4 is 5.82 Å². The minimum Gasteiger partial charge on any atom is -0.384 e. The lowest BCUT2D eigenvalue weighted by molar-refractivity contribution is 0.326. The van der Waals surface area contributed by atoms with Crippen molar-refractivity contribution in [2.24, 2.45) is 0 Å². The number of aromatic nitrogens is 1. The van der Waals surface area contributed by atoms with Crippen LogP contribution in [0.5, 0.6) is 0 Å². The molecule has 1 saturated heterocycles. The van der Waals surface area contributed by atoms with E-state index in [0.29, 0.717) is 11.7 Å². The molecular formula is C16H19N3. The topological polar surface area (TPSA) is 42.1 Å². The van der Waals surface area contributed by atoms with Crippen molar-refractivity contribution in [3.8, 4) is 0 Å². The Morgan fingerprint density at radius 2 is 2.00 bits per heavy atom. The van der Waals surface area contributed by atoms with Gasteiger partial charge in [-0.25, -0.2) is 4.98 Å². The van der Waals surface area contributed by atoms with Gasteiger partial charge in [-0.1, -0.05) is 36.4 Å². The molecule has 1 unspecified atom stereocenters. The van der Waals surface area contributed by atoms with Crippen molar-refractivity contribution in [2.75, 3.05) is 18.8 Å². The van der Waals surface area contributed by atoms with E-state index in [0.717, 1.165) is 19.6 Å². The number of hydrogen-bond acceptors (Lipinski definition) is 3. The van der Waals surface area contributed by atoms with Crippen LogP contribution in [0.25, 0.3) is 0 Å². The van der Waals surface area contributed by atoms with Crippen molar-refractivity contribution < 1.29 is 0 Å². The summed E-state index contributed by atoms with van der Waals surface area (Å²) in [5.74, 6) is 1.26. The summed E-state index contributed by atoms with van der Waals surface area (Å²) in [6.07, 6.45) is 3.12. The molecule has 0 bridgehead atoms. The summed E-state index contributed by atoms with van der Waals surface area (Å²) in [6, 6.07) is 14.7. The molecule has 1 aromatic carbocycles. The Hall–Kier alpha value is -1.87. The molecule has 1 aliphatic rings. The molecule has 3 nitrogen and oxygen atoms in total. The van der Waals surface area contributed by atoms with Gasteiger partial charge < -0.3 is 5.73 Å². The molecule has 1 aromatic heterocycles. The average Bonchev–Trinajstić information content (AvgIpc) is 2.91. The SMILES string of the molecule is Nc1ccc(CN2CCC(c3ccccc3)C2)cn1. The summed E-state index contributed by atoms with van der Waals surface area (Å²) >= 11 is 0. The zero-order valence-corrected chi connectivity index (χ0v) is 11.0. The minimum atomic E-state index is 0.590. The molecule has 0 amide bonds. The van der Waals surface area contributed by atoms with Gasteiger partial charge in [0.25, 0.3) is 0 Å². The van der Waals surface area contributed by atoms with Gasteiger partial charge in [0.2, 0.25) is 0 Å². The first-order valence-electron chi connectivity index (χ1n) is 6.79. The number of rotatable bonds is 3. The summed E-state index contributed by atoms with van der Waals surface area (Å²) in [5.41, 5.74) is 8.31. The van der Waals surface area contributed by atoms with Crippen LogP contribution < -0.4 is 5.73 Å². The van der Waals surface area contributed by atoms with E-state index in [9.17, 15) is 0 Å². The van der Waals surface area contributed by atoms with E-state index in [2.05, 4.69) is 46.3 Å². The number of likely N-dealkylation sites (tertiary alicyclic amines) is 1. The number of nitrogens with two attached hydrogens (primary N) is 1. The fraction of sp³-hybridized carbons (Fsp3) is 0.312. The van der Waals surface area contributed by atoms with Crippen molar-refractivity contribution in [2.45, 2.75) is 18.9 Å². The fourth-order valence-corrected chi connectivity index (χ4v) is 2.76. The van der Waals surface area contributed by atoms with Gasteiger partial charge in [-0.05, 0) is 36.1 Å². The average molecular weight is 253 g/mol. The van der Waals surface area contributed by atoms with Crippen LogP contribution >= 0.6 is 0 Å². The van der Waals surface area contributed by atoms with E-state index in [1.165, 1.54) is 17.5 Å². The predicted molar refractivity (Wildman–Crippen MR) is 77.7 cm³/mol. The maximum Gasteiger partial charge on any atom is 0.123 e. The van der Waals surface area contributed by atoms with Gasteiger partial charge in [-0.3, -0.25) is 4.90 Å². The number of anilines is 1. The number of nitrogens with zero attached hydrogens (tertiary/aromatic N) is 2. The molecule has 3 rings (SSSR count). The van der Waals surface area contributed by atoms with Crippen LogP contribution in [0.15, 0.2) is 48.7 Å². The van der Waals surface area contributed by atoms with E-state index in [1.807, 2.05) is 12.3 Å². The van der Waals surface area contributed by atoms with E-state index >= 15 is 0 Å². The third-order valence-corrected chi connectivity index (χ3v) is 3.80. The van der Waals surface area contributed by atoms with Crippen LogP contribution in [0.4, 0.5) is 5.82 Å². The van der Waals surface area contributed by atoms with Gasteiger partial charge in [0.05, 0.1) is 0 Å². The Labute approximate surface area is 114 Å². The number of benzene rings is 1. The first-order valence-corrected chi connectivity index (χ1v) is 6.79. The van der Waals surface area contributed by atoms with Gasteiger partial charge in [0.15, 0.2) is 0 Å². The van der Waals surface area contributed by atoms with Crippen molar-refractivity contribution in [1.29, 1.82) is 0 Å². The summed E-state index contributed by atoms with van der Waals surface area (Å²) in [5, 5.41) is 0. The van der Waals surface area contributed by atoms with E-state index in [-0.39, 0.29) is 0 Å². The van der Waals surface area contributed by atoms with Gasteiger partial charge in [0, 0.05) is 19.3 Å². The highest BCUT2D eigenvalue weighted by atomic mass is 15.1. The van der Waals surface area contributed by atoms with Crippen LogP contribution in [0.2, 0.25) is 0 Å². The smallest absolute Gasteiger partial charge is 0.123 e. The number of pyridine rings is 1. The normalized spacial score (nSPS) is 19.7. The molecule has 1 atom stereocenters. The van der Waals surface area contributed by atoms with Gasteiger partial charge in [0.1, 0.15) is 5.82 Å². The second kappa shape index (κ2) is 5.41.